The normalized spacial score (nSPS) is 10.5. The van der Waals surface area contributed by atoms with Crippen LogP contribution >= 0.6 is 0 Å². The Morgan fingerprint density at radius 1 is 0.556 bits per heavy atom. The Morgan fingerprint density at radius 3 is 1.44 bits per heavy atom. The molecule has 0 saturated heterocycles. The van der Waals surface area contributed by atoms with Crippen LogP contribution in [0.15, 0.2) is 48.5 Å². The Balaban J connectivity index is 1.53. The van der Waals surface area contributed by atoms with Crippen molar-refractivity contribution in [3.63, 3.8) is 0 Å². The Morgan fingerprint density at radius 2 is 1.00 bits per heavy atom. The van der Waals surface area contributed by atoms with Gasteiger partial charge in [0.1, 0.15) is 0 Å². The van der Waals surface area contributed by atoms with Crippen LogP contribution in [0, 0.1) is 48.4 Å². The molecule has 2 heteroatoms. The first-order valence-electron chi connectivity index (χ1n) is 12.8. The van der Waals surface area contributed by atoms with Crippen molar-refractivity contribution < 1.29 is 0 Å². The van der Waals surface area contributed by atoms with Crippen LogP contribution in [0.25, 0.3) is 32.3 Å². The van der Waals surface area contributed by atoms with Gasteiger partial charge in [-0.1, -0.05) is 71.9 Å². The highest BCUT2D eigenvalue weighted by Crippen LogP contribution is 2.37. The summed E-state index contributed by atoms with van der Waals surface area (Å²) in [6, 6.07) is 17.6. The van der Waals surface area contributed by atoms with E-state index in [4.69, 9.17) is 12.8 Å². The Labute approximate surface area is 215 Å². The van der Waals surface area contributed by atoms with Crippen LogP contribution in [0.3, 0.4) is 0 Å². The molecule has 2 nitrogen and oxygen atoms in total. The first kappa shape index (κ1) is 25.2. The average molecular weight is 469 g/mol. The van der Waals surface area contributed by atoms with Crippen molar-refractivity contribution in [2.45, 2.75) is 38.5 Å². The summed E-state index contributed by atoms with van der Waals surface area (Å²) in [4.78, 5) is 0. The summed E-state index contributed by atoms with van der Waals surface area (Å²) in [5.74, 6) is 18.8. The third kappa shape index (κ3) is 6.19. The molecule has 0 aromatic heterocycles. The number of terminal acetylenes is 2. The average Bonchev–Trinajstić information content (AvgIpc) is 2.91. The molecular formula is C34H32N2. The van der Waals surface area contributed by atoms with Gasteiger partial charge in [0, 0.05) is 24.0 Å². The molecule has 0 unspecified atom stereocenters. The minimum absolute atomic E-state index is 0.632. The summed E-state index contributed by atoms with van der Waals surface area (Å²) in [5.41, 5.74) is 2.19. The van der Waals surface area contributed by atoms with Gasteiger partial charge in [-0.3, -0.25) is 0 Å². The molecule has 178 valence electrons. The zero-order chi connectivity index (χ0) is 25.0. The molecular weight excluding hydrogens is 436 g/mol. The van der Waals surface area contributed by atoms with Crippen LogP contribution in [-0.2, 0) is 0 Å². The summed E-state index contributed by atoms with van der Waals surface area (Å²) < 4.78 is 0. The largest absolute Gasteiger partial charge is 0.306 e. The van der Waals surface area contributed by atoms with Gasteiger partial charge in [-0.25, -0.2) is 0 Å². The van der Waals surface area contributed by atoms with Crippen LogP contribution in [-0.4, -0.2) is 26.2 Å². The minimum atomic E-state index is 0.632. The molecule has 0 fully saturated rings. The van der Waals surface area contributed by atoms with Gasteiger partial charge in [0.2, 0.25) is 0 Å². The van der Waals surface area contributed by atoms with Gasteiger partial charge in [-0.15, -0.1) is 12.8 Å². The highest BCUT2D eigenvalue weighted by atomic mass is 14.8. The van der Waals surface area contributed by atoms with Crippen molar-refractivity contribution in [1.82, 2.24) is 10.6 Å². The zero-order valence-corrected chi connectivity index (χ0v) is 20.8. The van der Waals surface area contributed by atoms with E-state index >= 15 is 0 Å². The molecule has 0 radical (unpaired) electrons. The standard InChI is InChI=1S/C34H32N2/c1-3-23-35-25-11-7-5-9-13-27-15-17-29-20-22-32-28(14-10-6-8-12-26-36-24-4-2)16-18-30-19-21-31(27)33(29)34(30)32/h1-2,15-22,35-36H,5-8,11-12,23-26H2. The van der Waals surface area contributed by atoms with E-state index < -0.39 is 0 Å². The van der Waals surface area contributed by atoms with Crippen LogP contribution in [0.1, 0.15) is 49.7 Å². The summed E-state index contributed by atoms with van der Waals surface area (Å²) in [7, 11) is 0. The first-order chi connectivity index (χ1) is 17.8. The van der Waals surface area contributed by atoms with E-state index in [1.54, 1.807) is 0 Å². The quantitative estimate of drug-likeness (QED) is 0.168. The topological polar surface area (TPSA) is 24.1 Å². The maximum atomic E-state index is 5.27. The molecule has 0 atom stereocenters. The molecule has 0 aliphatic heterocycles. The first-order valence-corrected chi connectivity index (χ1v) is 12.8. The third-order valence-electron chi connectivity index (χ3n) is 6.38. The smallest absolute Gasteiger partial charge is 0.0573 e. The lowest BCUT2D eigenvalue weighted by molar-refractivity contribution is 0.669. The fourth-order valence-corrected chi connectivity index (χ4v) is 4.58. The van der Waals surface area contributed by atoms with Crippen molar-refractivity contribution in [2.75, 3.05) is 26.2 Å². The van der Waals surface area contributed by atoms with Crippen LogP contribution in [0.4, 0.5) is 0 Å². The minimum Gasteiger partial charge on any atom is -0.306 e. The maximum Gasteiger partial charge on any atom is 0.0573 e. The molecule has 4 rings (SSSR count). The number of nitrogens with one attached hydrogen (secondary N) is 2. The van der Waals surface area contributed by atoms with Crippen molar-refractivity contribution in [3.05, 3.63) is 59.7 Å². The monoisotopic (exact) mass is 468 g/mol. The van der Waals surface area contributed by atoms with E-state index in [1.807, 2.05) is 0 Å². The Bertz CT molecular complexity index is 1410. The van der Waals surface area contributed by atoms with E-state index in [-0.39, 0.29) is 0 Å². The molecule has 4 aromatic rings. The highest BCUT2D eigenvalue weighted by molar-refractivity contribution is 6.24. The SMILES string of the molecule is C#CCNCCCCC#Cc1ccc2ccc3c(C#CCCCCNCC#C)ccc4ccc1c2c43. The summed E-state index contributed by atoms with van der Waals surface area (Å²) >= 11 is 0. The predicted octanol–water partition coefficient (Wildman–Crippen LogP) is 6.07. The zero-order valence-electron chi connectivity index (χ0n) is 20.8. The van der Waals surface area contributed by atoms with Crippen molar-refractivity contribution >= 4 is 32.3 Å². The van der Waals surface area contributed by atoms with Crippen LogP contribution in [0.2, 0.25) is 0 Å². The second kappa shape index (κ2) is 13.2. The van der Waals surface area contributed by atoms with Crippen LogP contribution in [0.5, 0.6) is 0 Å². The lowest BCUT2D eigenvalue weighted by Gasteiger charge is -2.13. The van der Waals surface area contributed by atoms with Gasteiger partial charge in [-0.2, -0.15) is 0 Å². The molecule has 0 amide bonds. The van der Waals surface area contributed by atoms with Gasteiger partial charge < -0.3 is 10.6 Å². The molecule has 0 spiro atoms. The predicted molar refractivity (Wildman–Crippen MR) is 155 cm³/mol. The summed E-state index contributed by atoms with van der Waals surface area (Å²) in [6.45, 7) is 3.15. The molecule has 36 heavy (non-hydrogen) atoms. The number of benzene rings is 4. The van der Waals surface area contributed by atoms with Crippen molar-refractivity contribution in [3.8, 4) is 48.4 Å². The Kier molecular flexibility index (Phi) is 9.26. The number of hydrogen-bond donors (Lipinski definition) is 2. The van der Waals surface area contributed by atoms with E-state index in [2.05, 4.69) is 94.7 Å². The lowest BCUT2D eigenvalue weighted by atomic mass is 9.90. The van der Waals surface area contributed by atoms with E-state index in [0.717, 1.165) is 62.7 Å². The van der Waals surface area contributed by atoms with Gasteiger partial charge in [-0.05, 0) is 83.2 Å². The number of hydrogen-bond acceptors (Lipinski definition) is 2. The number of rotatable bonds is 10. The molecule has 0 aliphatic carbocycles. The summed E-state index contributed by atoms with van der Waals surface area (Å²) in [5, 5.41) is 14.0. The van der Waals surface area contributed by atoms with Gasteiger partial charge in [0.05, 0.1) is 13.1 Å². The van der Waals surface area contributed by atoms with E-state index in [0.29, 0.717) is 13.1 Å². The lowest BCUT2D eigenvalue weighted by Crippen LogP contribution is -2.14. The third-order valence-corrected chi connectivity index (χ3v) is 6.38. The second-order valence-corrected chi connectivity index (χ2v) is 8.93. The maximum absolute atomic E-state index is 5.27. The molecule has 0 aliphatic rings. The van der Waals surface area contributed by atoms with Gasteiger partial charge >= 0.3 is 0 Å². The molecule has 0 saturated carbocycles. The molecule has 0 heterocycles. The molecule has 2 N–H and O–H groups in total. The highest BCUT2D eigenvalue weighted by Gasteiger charge is 2.11. The van der Waals surface area contributed by atoms with E-state index in [9.17, 15) is 0 Å². The fraction of sp³-hybridized carbons (Fsp3) is 0.294. The van der Waals surface area contributed by atoms with Crippen LogP contribution < -0.4 is 10.6 Å². The molecule has 4 aromatic carbocycles. The fourth-order valence-electron chi connectivity index (χ4n) is 4.58. The second-order valence-electron chi connectivity index (χ2n) is 8.93. The Hall–Kier alpha value is -3.92. The van der Waals surface area contributed by atoms with Gasteiger partial charge in [0.25, 0.3) is 0 Å². The molecule has 0 bridgehead atoms. The van der Waals surface area contributed by atoms with Crippen molar-refractivity contribution in [1.29, 1.82) is 0 Å². The summed E-state index contributed by atoms with van der Waals surface area (Å²) in [6.07, 6.45) is 16.6. The van der Waals surface area contributed by atoms with Crippen molar-refractivity contribution in [2.24, 2.45) is 0 Å². The van der Waals surface area contributed by atoms with Gasteiger partial charge in [0.15, 0.2) is 0 Å². The number of unbranched alkanes of at least 4 members (excludes halogenated alkanes) is 4. The van der Waals surface area contributed by atoms with E-state index in [1.165, 1.54) is 32.3 Å².